The van der Waals surface area contributed by atoms with Gasteiger partial charge in [-0.25, -0.2) is 0 Å². The molecule has 3 N–H and O–H groups in total. The molecular weight excluding hydrogens is 188 g/mol. The van der Waals surface area contributed by atoms with Gasteiger partial charge in [-0.15, -0.1) is 0 Å². The molecule has 0 saturated heterocycles. The van der Waals surface area contributed by atoms with Gasteiger partial charge in [0.25, 0.3) is 0 Å². The molecule has 2 atom stereocenters. The average Bonchev–Trinajstić information content (AvgIpc) is 2.20. The first-order valence-corrected chi connectivity index (χ1v) is 6.12. The van der Waals surface area contributed by atoms with Gasteiger partial charge in [-0.1, -0.05) is 27.2 Å². The van der Waals surface area contributed by atoms with E-state index >= 15 is 0 Å². The summed E-state index contributed by atoms with van der Waals surface area (Å²) >= 11 is 0. The molecule has 1 fully saturated rings. The average molecular weight is 212 g/mol. The minimum Gasteiger partial charge on any atom is -0.349 e. The van der Waals surface area contributed by atoms with Crippen molar-refractivity contribution >= 4 is 5.91 Å². The lowest BCUT2D eigenvalue weighted by molar-refractivity contribution is -0.126. The summed E-state index contributed by atoms with van der Waals surface area (Å²) in [4.78, 5) is 11.9. The second kappa shape index (κ2) is 4.97. The van der Waals surface area contributed by atoms with Crippen LogP contribution in [0.5, 0.6) is 0 Å². The fourth-order valence-electron chi connectivity index (χ4n) is 2.03. The minimum atomic E-state index is -0.348. The molecule has 0 aromatic heterocycles. The van der Waals surface area contributed by atoms with Gasteiger partial charge in [0.1, 0.15) is 0 Å². The largest absolute Gasteiger partial charge is 0.349 e. The van der Waals surface area contributed by atoms with Crippen molar-refractivity contribution in [3.8, 4) is 0 Å². The number of hydrogen-bond donors (Lipinski definition) is 2. The van der Waals surface area contributed by atoms with Crippen LogP contribution in [0.15, 0.2) is 0 Å². The molecule has 88 valence electrons. The van der Waals surface area contributed by atoms with E-state index in [1.165, 1.54) is 6.42 Å². The Balaban J connectivity index is 2.47. The lowest BCUT2D eigenvalue weighted by atomic mass is 9.74. The molecule has 1 saturated carbocycles. The van der Waals surface area contributed by atoms with Crippen molar-refractivity contribution in [1.82, 2.24) is 5.32 Å². The number of rotatable bonds is 5. The summed E-state index contributed by atoms with van der Waals surface area (Å²) < 4.78 is 0. The maximum absolute atomic E-state index is 11.9. The van der Waals surface area contributed by atoms with Crippen LogP contribution in [0.25, 0.3) is 0 Å². The Morgan fingerprint density at radius 3 is 2.40 bits per heavy atom. The van der Waals surface area contributed by atoms with E-state index in [0.717, 1.165) is 25.7 Å². The standard InChI is InChI=1S/C12H24N2O/c1-4-9(3)10(13)11(15)14-12(5-2)7-6-8-12/h9-10H,4-8,13H2,1-3H3,(H,14,15). The summed E-state index contributed by atoms with van der Waals surface area (Å²) in [6, 6.07) is -0.348. The van der Waals surface area contributed by atoms with Crippen LogP contribution in [-0.2, 0) is 4.79 Å². The first kappa shape index (κ1) is 12.5. The number of carbonyl (C=O) groups is 1. The third kappa shape index (κ3) is 2.71. The summed E-state index contributed by atoms with van der Waals surface area (Å²) in [5.74, 6) is 0.296. The van der Waals surface area contributed by atoms with Crippen LogP contribution in [0, 0.1) is 5.92 Å². The number of nitrogens with two attached hydrogens (primary N) is 1. The fraction of sp³-hybridized carbons (Fsp3) is 0.917. The summed E-state index contributed by atoms with van der Waals surface area (Å²) in [5, 5.41) is 3.13. The van der Waals surface area contributed by atoms with Gasteiger partial charge in [0.2, 0.25) is 5.91 Å². The highest BCUT2D eigenvalue weighted by Crippen LogP contribution is 2.34. The molecule has 1 rings (SSSR count). The molecule has 0 bridgehead atoms. The Morgan fingerprint density at radius 2 is 2.07 bits per heavy atom. The van der Waals surface area contributed by atoms with Crippen molar-refractivity contribution < 1.29 is 4.79 Å². The molecule has 1 amide bonds. The van der Waals surface area contributed by atoms with Crippen LogP contribution in [0.2, 0.25) is 0 Å². The maximum atomic E-state index is 11.9. The monoisotopic (exact) mass is 212 g/mol. The van der Waals surface area contributed by atoms with Crippen molar-refractivity contribution in [3.63, 3.8) is 0 Å². The second-order valence-electron chi connectivity index (χ2n) is 4.89. The molecular formula is C12H24N2O. The van der Waals surface area contributed by atoms with Crippen LogP contribution in [0.4, 0.5) is 0 Å². The quantitative estimate of drug-likeness (QED) is 0.730. The first-order chi connectivity index (χ1) is 7.04. The SMILES string of the molecule is CCC(C)C(N)C(=O)NC1(CC)CCC1. The van der Waals surface area contributed by atoms with Crippen LogP contribution in [-0.4, -0.2) is 17.5 Å². The van der Waals surface area contributed by atoms with Crippen LogP contribution < -0.4 is 11.1 Å². The van der Waals surface area contributed by atoms with Gasteiger partial charge in [-0.2, -0.15) is 0 Å². The summed E-state index contributed by atoms with van der Waals surface area (Å²) in [6.07, 6.45) is 5.43. The minimum absolute atomic E-state index is 0.0332. The Kier molecular flexibility index (Phi) is 4.14. The molecule has 0 aromatic rings. The maximum Gasteiger partial charge on any atom is 0.237 e. The predicted octanol–water partition coefficient (Wildman–Crippen LogP) is 1.81. The highest BCUT2D eigenvalue weighted by Gasteiger charge is 2.37. The van der Waals surface area contributed by atoms with E-state index in [9.17, 15) is 4.79 Å². The highest BCUT2D eigenvalue weighted by atomic mass is 16.2. The Labute approximate surface area is 92.8 Å². The fourth-order valence-corrected chi connectivity index (χ4v) is 2.03. The van der Waals surface area contributed by atoms with E-state index in [4.69, 9.17) is 5.73 Å². The second-order valence-corrected chi connectivity index (χ2v) is 4.89. The van der Waals surface area contributed by atoms with Crippen LogP contribution in [0.3, 0.4) is 0 Å². The third-order valence-corrected chi connectivity index (χ3v) is 3.94. The van der Waals surface area contributed by atoms with Crippen LogP contribution in [0.1, 0.15) is 52.9 Å². The molecule has 1 aliphatic rings. The van der Waals surface area contributed by atoms with Gasteiger partial charge in [0.15, 0.2) is 0 Å². The Bertz CT molecular complexity index is 218. The van der Waals surface area contributed by atoms with Gasteiger partial charge in [-0.05, 0) is 31.6 Å². The normalized spacial score (nSPS) is 22.7. The van der Waals surface area contributed by atoms with Gasteiger partial charge in [-0.3, -0.25) is 4.79 Å². The predicted molar refractivity (Wildman–Crippen MR) is 62.4 cm³/mol. The van der Waals surface area contributed by atoms with E-state index in [1.54, 1.807) is 0 Å². The molecule has 2 unspecified atom stereocenters. The van der Waals surface area contributed by atoms with Crippen molar-refractivity contribution in [2.75, 3.05) is 0 Å². The lowest BCUT2D eigenvalue weighted by Gasteiger charge is -2.42. The number of nitrogens with one attached hydrogen (secondary N) is 1. The summed E-state index contributed by atoms with van der Waals surface area (Å²) in [6.45, 7) is 6.23. The van der Waals surface area contributed by atoms with Gasteiger partial charge < -0.3 is 11.1 Å². The summed E-state index contributed by atoms with van der Waals surface area (Å²) in [7, 11) is 0. The molecule has 3 heteroatoms. The van der Waals surface area contributed by atoms with E-state index < -0.39 is 0 Å². The van der Waals surface area contributed by atoms with Gasteiger partial charge >= 0.3 is 0 Å². The van der Waals surface area contributed by atoms with E-state index in [0.29, 0.717) is 0 Å². The van der Waals surface area contributed by atoms with Crippen molar-refractivity contribution in [1.29, 1.82) is 0 Å². The topological polar surface area (TPSA) is 55.1 Å². The number of hydrogen-bond acceptors (Lipinski definition) is 2. The number of carbonyl (C=O) groups excluding carboxylic acids is 1. The zero-order valence-corrected chi connectivity index (χ0v) is 10.2. The van der Waals surface area contributed by atoms with E-state index in [2.05, 4.69) is 19.2 Å². The van der Waals surface area contributed by atoms with Crippen LogP contribution >= 0.6 is 0 Å². The molecule has 15 heavy (non-hydrogen) atoms. The summed E-state index contributed by atoms with van der Waals surface area (Å²) in [5.41, 5.74) is 5.97. The Hall–Kier alpha value is -0.570. The first-order valence-electron chi connectivity index (χ1n) is 6.12. The van der Waals surface area contributed by atoms with Gasteiger partial charge in [0.05, 0.1) is 6.04 Å². The molecule has 0 spiro atoms. The number of amides is 1. The zero-order chi connectivity index (χ0) is 11.5. The molecule has 0 aromatic carbocycles. The molecule has 1 aliphatic carbocycles. The molecule has 0 radical (unpaired) electrons. The molecule has 0 heterocycles. The van der Waals surface area contributed by atoms with Gasteiger partial charge in [0, 0.05) is 5.54 Å². The van der Waals surface area contributed by atoms with Crippen molar-refractivity contribution in [2.24, 2.45) is 11.7 Å². The highest BCUT2D eigenvalue weighted by molar-refractivity contribution is 5.82. The lowest BCUT2D eigenvalue weighted by Crippen LogP contribution is -2.58. The molecule has 0 aliphatic heterocycles. The molecule has 3 nitrogen and oxygen atoms in total. The third-order valence-electron chi connectivity index (χ3n) is 3.94. The zero-order valence-electron chi connectivity index (χ0n) is 10.2. The van der Waals surface area contributed by atoms with Crippen molar-refractivity contribution in [3.05, 3.63) is 0 Å². The smallest absolute Gasteiger partial charge is 0.237 e. The van der Waals surface area contributed by atoms with E-state index in [1.807, 2.05) is 6.92 Å². The van der Waals surface area contributed by atoms with E-state index in [-0.39, 0.29) is 23.4 Å². The Morgan fingerprint density at radius 1 is 1.47 bits per heavy atom. The van der Waals surface area contributed by atoms with Crippen molar-refractivity contribution in [2.45, 2.75) is 64.5 Å².